The first-order chi connectivity index (χ1) is 8.04. The number of benzene rings is 1. The van der Waals surface area contributed by atoms with Crippen LogP contribution in [0.2, 0.25) is 0 Å². The lowest BCUT2D eigenvalue weighted by atomic mass is 10.1. The lowest BCUT2D eigenvalue weighted by Crippen LogP contribution is -2.13. The van der Waals surface area contributed by atoms with Gasteiger partial charge in [0.1, 0.15) is 0 Å². The van der Waals surface area contributed by atoms with Crippen LogP contribution in [0.4, 0.5) is 5.69 Å². The van der Waals surface area contributed by atoms with Crippen molar-refractivity contribution < 1.29 is 4.79 Å². The fourth-order valence-electron chi connectivity index (χ4n) is 1.36. The Kier molecular flexibility index (Phi) is 4.52. The van der Waals surface area contributed by atoms with Gasteiger partial charge in [-0.1, -0.05) is 24.8 Å². The molecule has 0 spiro atoms. The van der Waals surface area contributed by atoms with Gasteiger partial charge in [-0.25, -0.2) is 0 Å². The number of allylic oxidation sites excluding steroid dienone is 1. The molecule has 1 aromatic carbocycles. The molecule has 17 heavy (non-hydrogen) atoms. The first-order valence-electron chi connectivity index (χ1n) is 5.50. The summed E-state index contributed by atoms with van der Waals surface area (Å²) in [5.41, 5.74) is 2.65. The average Bonchev–Trinajstić information content (AvgIpc) is 2.29. The Labute approximate surface area is 102 Å². The summed E-state index contributed by atoms with van der Waals surface area (Å²) < 4.78 is 0. The Balaban J connectivity index is 2.86. The smallest absolute Gasteiger partial charge is 0.159 e. The molecule has 0 saturated carbocycles. The van der Waals surface area contributed by atoms with Crippen LogP contribution in [-0.2, 0) is 0 Å². The topological polar surface area (TPSA) is 41.1 Å². The van der Waals surface area contributed by atoms with E-state index in [9.17, 15) is 4.79 Å². The van der Waals surface area contributed by atoms with Crippen molar-refractivity contribution in [2.45, 2.75) is 20.8 Å². The maximum Gasteiger partial charge on any atom is 0.159 e. The van der Waals surface area contributed by atoms with Gasteiger partial charge in [-0.2, -0.15) is 0 Å². The number of rotatable bonds is 5. The van der Waals surface area contributed by atoms with Crippen molar-refractivity contribution in [3.05, 3.63) is 54.0 Å². The maximum absolute atomic E-state index is 11.3. The first-order valence-corrected chi connectivity index (χ1v) is 5.50. The number of anilines is 1. The molecule has 1 rings (SSSR count). The lowest BCUT2D eigenvalue weighted by molar-refractivity contribution is 0.101. The summed E-state index contributed by atoms with van der Waals surface area (Å²) in [5, 5.41) is 6.12. The third-order valence-corrected chi connectivity index (χ3v) is 2.35. The van der Waals surface area contributed by atoms with Gasteiger partial charge >= 0.3 is 0 Å². The van der Waals surface area contributed by atoms with Crippen molar-refractivity contribution >= 4 is 11.5 Å². The third kappa shape index (κ3) is 3.79. The van der Waals surface area contributed by atoms with Crippen LogP contribution in [-0.4, -0.2) is 5.78 Å². The number of hydrogen-bond acceptors (Lipinski definition) is 3. The Morgan fingerprint density at radius 3 is 2.71 bits per heavy atom. The van der Waals surface area contributed by atoms with Crippen molar-refractivity contribution in [2.75, 3.05) is 5.32 Å². The number of ketones is 1. The summed E-state index contributed by atoms with van der Waals surface area (Å²) in [4.78, 5) is 11.3. The van der Waals surface area contributed by atoms with Crippen molar-refractivity contribution in [1.29, 1.82) is 0 Å². The SMILES string of the molecule is C=C(N/C=C\C)Nc1cc(C(C)=O)ccc1C. The molecule has 3 heteroatoms. The molecule has 0 bridgehead atoms. The van der Waals surface area contributed by atoms with Crippen LogP contribution in [0.15, 0.2) is 42.9 Å². The monoisotopic (exact) mass is 230 g/mol. The van der Waals surface area contributed by atoms with E-state index in [1.54, 1.807) is 13.1 Å². The predicted octanol–water partition coefficient (Wildman–Crippen LogP) is 3.20. The zero-order valence-electron chi connectivity index (χ0n) is 10.5. The van der Waals surface area contributed by atoms with Gasteiger partial charge < -0.3 is 10.6 Å². The third-order valence-electron chi connectivity index (χ3n) is 2.35. The quantitative estimate of drug-likeness (QED) is 0.763. The largest absolute Gasteiger partial charge is 0.349 e. The Hall–Kier alpha value is -2.03. The average molecular weight is 230 g/mol. The van der Waals surface area contributed by atoms with Gasteiger partial charge in [-0.3, -0.25) is 4.79 Å². The highest BCUT2D eigenvalue weighted by Gasteiger charge is 2.04. The molecule has 2 N–H and O–H groups in total. The number of carbonyl (C=O) groups excluding carboxylic acids is 1. The highest BCUT2D eigenvalue weighted by atomic mass is 16.1. The second-order valence-electron chi connectivity index (χ2n) is 3.83. The van der Waals surface area contributed by atoms with Crippen LogP contribution in [0.5, 0.6) is 0 Å². The fourth-order valence-corrected chi connectivity index (χ4v) is 1.36. The molecule has 0 amide bonds. The Morgan fingerprint density at radius 1 is 1.41 bits per heavy atom. The molecular weight excluding hydrogens is 212 g/mol. The van der Waals surface area contributed by atoms with E-state index in [4.69, 9.17) is 0 Å². The minimum atomic E-state index is 0.0556. The minimum absolute atomic E-state index is 0.0556. The van der Waals surface area contributed by atoms with Crippen molar-refractivity contribution in [2.24, 2.45) is 0 Å². The Morgan fingerprint density at radius 2 is 2.12 bits per heavy atom. The summed E-state index contributed by atoms with van der Waals surface area (Å²) in [7, 11) is 0. The van der Waals surface area contributed by atoms with E-state index in [1.807, 2.05) is 38.1 Å². The molecule has 0 aliphatic heterocycles. The molecule has 3 nitrogen and oxygen atoms in total. The van der Waals surface area contributed by atoms with E-state index in [-0.39, 0.29) is 5.78 Å². The predicted molar refractivity (Wildman–Crippen MR) is 71.9 cm³/mol. The number of carbonyl (C=O) groups is 1. The lowest BCUT2D eigenvalue weighted by Gasteiger charge is -2.12. The van der Waals surface area contributed by atoms with Gasteiger partial charge in [0.25, 0.3) is 0 Å². The van der Waals surface area contributed by atoms with Crippen LogP contribution in [0.1, 0.15) is 29.8 Å². The molecule has 0 aliphatic carbocycles. The molecule has 0 atom stereocenters. The van der Waals surface area contributed by atoms with Crippen molar-refractivity contribution in [3.8, 4) is 0 Å². The van der Waals surface area contributed by atoms with E-state index in [1.165, 1.54) is 0 Å². The minimum Gasteiger partial charge on any atom is -0.349 e. The molecule has 90 valence electrons. The summed E-state index contributed by atoms with van der Waals surface area (Å²) in [6.45, 7) is 9.30. The zero-order chi connectivity index (χ0) is 12.8. The summed E-state index contributed by atoms with van der Waals surface area (Å²) in [6, 6.07) is 5.58. The van der Waals surface area contributed by atoms with E-state index >= 15 is 0 Å². The molecule has 0 radical (unpaired) electrons. The number of aryl methyl sites for hydroxylation is 1. The maximum atomic E-state index is 11.3. The van der Waals surface area contributed by atoms with E-state index in [0.717, 1.165) is 11.3 Å². The second kappa shape index (κ2) is 5.89. The van der Waals surface area contributed by atoms with E-state index < -0.39 is 0 Å². The second-order valence-corrected chi connectivity index (χ2v) is 3.83. The van der Waals surface area contributed by atoms with Gasteiger partial charge in [-0.15, -0.1) is 0 Å². The summed E-state index contributed by atoms with van der Waals surface area (Å²) in [5.74, 6) is 0.729. The fraction of sp³-hybridized carbons (Fsp3) is 0.214. The highest BCUT2D eigenvalue weighted by Crippen LogP contribution is 2.18. The van der Waals surface area contributed by atoms with Crippen LogP contribution in [0, 0.1) is 6.92 Å². The normalized spacial score (nSPS) is 10.3. The zero-order valence-corrected chi connectivity index (χ0v) is 10.5. The van der Waals surface area contributed by atoms with Gasteiger partial charge in [0.05, 0.1) is 5.82 Å². The summed E-state index contributed by atoms with van der Waals surface area (Å²) >= 11 is 0. The highest BCUT2D eigenvalue weighted by molar-refractivity contribution is 5.95. The van der Waals surface area contributed by atoms with Crippen molar-refractivity contribution in [3.63, 3.8) is 0 Å². The van der Waals surface area contributed by atoms with Gasteiger partial charge in [0.15, 0.2) is 5.78 Å². The molecule has 0 unspecified atom stereocenters. The molecular formula is C14H18N2O. The van der Waals surface area contributed by atoms with Gasteiger partial charge in [-0.05, 0) is 38.6 Å². The molecule has 0 aromatic heterocycles. The van der Waals surface area contributed by atoms with E-state index in [2.05, 4.69) is 17.2 Å². The van der Waals surface area contributed by atoms with Gasteiger partial charge in [0, 0.05) is 11.3 Å². The number of Topliss-reactive ketones (excluding diaryl/α,β-unsaturated/α-hetero) is 1. The number of hydrogen-bond donors (Lipinski definition) is 2. The molecule has 0 fully saturated rings. The molecule has 0 aliphatic rings. The summed E-state index contributed by atoms with van der Waals surface area (Å²) in [6.07, 6.45) is 3.67. The first kappa shape index (κ1) is 13.0. The molecule has 0 saturated heterocycles. The van der Waals surface area contributed by atoms with Gasteiger partial charge in [0.2, 0.25) is 0 Å². The van der Waals surface area contributed by atoms with E-state index in [0.29, 0.717) is 11.4 Å². The Bertz CT molecular complexity index is 461. The van der Waals surface area contributed by atoms with Crippen LogP contribution in [0.3, 0.4) is 0 Å². The standard InChI is InChI=1S/C14H18N2O/c1-5-8-15-12(4)16-14-9-13(11(3)17)7-6-10(14)2/h5-9,15-16H,4H2,1-3H3/b8-5-. The molecule has 1 aromatic rings. The van der Waals surface area contributed by atoms with Crippen LogP contribution >= 0.6 is 0 Å². The van der Waals surface area contributed by atoms with Crippen LogP contribution in [0.25, 0.3) is 0 Å². The molecule has 0 heterocycles. The van der Waals surface area contributed by atoms with Crippen molar-refractivity contribution in [1.82, 2.24) is 5.32 Å². The number of nitrogens with one attached hydrogen (secondary N) is 2. The van der Waals surface area contributed by atoms with Crippen LogP contribution < -0.4 is 10.6 Å².